The molecule has 0 saturated heterocycles. The quantitative estimate of drug-likeness (QED) is 0.796. The summed E-state index contributed by atoms with van der Waals surface area (Å²) in [6, 6.07) is 7.89. The molecule has 0 fully saturated rings. The summed E-state index contributed by atoms with van der Waals surface area (Å²) in [7, 11) is 0. The number of amides is 1. The van der Waals surface area contributed by atoms with Gasteiger partial charge in [-0.3, -0.25) is 9.78 Å². The monoisotopic (exact) mass is 334 g/mol. The average Bonchev–Trinajstić information content (AvgIpc) is 2.53. The van der Waals surface area contributed by atoms with E-state index >= 15 is 0 Å². The lowest BCUT2D eigenvalue weighted by Crippen LogP contribution is -2.25. The minimum atomic E-state index is -0.124. The lowest BCUT2D eigenvalue weighted by atomic mass is 9.99. The number of rotatable bonds is 3. The van der Waals surface area contributed by atoms with Crippen molar-refractivity contribution in [1.82, 2.24) is 20.3 Å². The lowest BCUT2D eigenvalue weighted by Gasteiger charge is -2.13. The molecule has 128 valence electrons. The minimum absolute atomic E-state index is 0.124. The summed E-state index contributed by atoms with van der Waals surface area (Å²) in [6.45, 7) is 10.0. The van der Waals surface area contributed by atoms with Gasteiger partial charge in [0.2, 0.25) is 0 Å². The smallest absolute Gasteiger partial charge is 0.252 e. The molecule has 5 nitrogen and oxygen atoms in total. The van der Waals surface area contributed by atoms with Crippen molar-refractivity contribution in [3.05, 3.63) is 63.9 Å². The van der Waals surface area contributed by atoms with Crippen LogP contribution < -0.4 is 5.32 Å². The van der Waals surface area contributed by atoms with Gasteiger partial charge in [0.1, 0.15) is 5.82 Å². The molecule has 2 heterocycles. The normalized spacial score (nSPS) is 10.9. The van der Waals surface area contributed by atoms with E-state index in [0.717, 1.165) is 39.1 Å². The third-order valence-corrected chi connectivity index (χ3v) is 4.29. The van der Waals surface area contributed by atoms with Crippen LogP contribution in [0.5, 0.6) is 0 Å². The van der Waals surface area contributed by atoms with Crippen LogP contribution >= 0.6 is 0 Å². The predicted octanol–water partition coefficient (Wildman–Crippen LogP) is 3.50. The predicted molar refractivity (Wildman–Crippen MR) is 98.6 cm³/mol. The van der Waals surface area contributed by atoms with Crippen molar-refractivity contribution >= 4 is 16.8 Å². The maximum atomic E-state index is 12.9. The molecule has 0 aliphatic heterocycles. The summed E-state index contributed by atoms with van der Waals surface area (Å²) in [5.41, 5.74) is 6.17. The third-order valence-electron chi connectivity index (χ3n) is 4.29. The number of carbonyl (C=O) groups excluding carboxylic acids is 1. The van der Waals surface area contributed by atoms with E-state index in [2.05, 4.69) is 20.3 Å². The molecule has 2 aromatic heterocycles. The minimum Gasteiger partial charge on any atom is -0.345 e. The molecular weight excluding hydrogens is 312 g/mol. The highest BCUT2D eigenvalue weighted by Gasteiger charge is 2.17. The second-order valence-corrected chi connectivity index (χ2v) is 6.47. The Morgan fingerprint density at radius 1 is 0.960 bits per heavy atom. The molecule has 5 heteroatoms. The Labute approximate surface area is 147 Å². The van der Waals surface area contributed by atoms with Gasteiger partial charge in [-0.1, -0.05) is 11.6 Å². The van der Waals surface area contributed by atoms with E-state index in [4.69, 9.17) is 0 Å². The Kier molecular flexibility index (Phi) is 4.49. The fourth-order valence-corrected chi connectivity index (χ4v) is 3.01. The molecular formula is C20H22N4O. The van der Waals surface area contributed by atoms with Gasteiger partial charge >= 0.3 is 0 Å². The molecule has 0 atom stereocenters. The molecule has 3 rings (SSSR count). The van der Waals surface area contributed by atoms with Gasteiger partial charge in [-0.2, -0.15) is 0 Å². The summed E-state index contributed by atoms with van der Waals surface area (Å²) < 4.78 is 0. The second kappa shape index (κ2) is 6.59. The highest BCUT2D eigenvalue weighted by atomic mass is 16.1. The highest BCUT2D eigenvalue weighted by molar-refractivity contribution is 6.07. The fourth-order valence-electron chi connectivity index (χ4n) is 3.01. The van der Waals surface area contributed by atoms with Crippen LogP contribution in [-0.2, 0) is 6.54 Å². The van der Waals surface area contributed by atoms with Gasteiger partial charge in [-0.05, 0) is 58.4 Å². The summed E-state index contributed by atoms with van der Waals surface area (Å²) in [5.74, 6) is 0.496. The van der Waals surface area contributed by atoms with Crippen molar-refractivity contribution < 1.29 is 4.79 Å². The van der Waals surface area contributed by atoms with Crippen molar-refractivity contribution in [3.63, 3.8) is 0 Å². The van der Waals surface area contributed by atoms with E-state index in [1.807, 2.05) is 58.9 Å². The SMILES string of the molecule is Cc1ccc2nc(C)c(C)c(C(=O)NCc3nc(C)cc(C)n3)c2c1. The van der Waals surface area contributed by atoms with Crippen molar-refractivity contribution in [2.24, 2.45) is 0 Å². The summed E-state index contributed by atoms with van der Waals surface area (Å²) >= 11 is 0. The topological polar surface area (TPSA) is 67.8 Å². The molecule has 0 aliphatic carbocycles. The lowest BCUT2D eigenvalue weighted by molar-refractivity contribution is 0.0950. The molecule has 0 aliphatic rings. The third kappa shape index (κ3) is 3.50. The van der Waals surface area contributed by atoms with Crippen LogP contribution in [0.3, 0.4) is 0 Å². The van der Waals surface area contributed by atoms with E-state index in [9.17, 15) is 4.79 Å². The summed E-state index contributed by atoms with van der Waals surface area (Å²) in [5, 5.41) is 3.83. The number of benzene rings is 1. The number of fused-ring (bicyclic) bond motifs is 1. The first kappa shape index (κ1) is 17.0. The fraction of sp³-hybridized carbons (Fsp3) is 0.300. The van der Waals surface area contributed by atoms with Crippen LogP contribution in [-0.4, -0.2) is 20.9 Å². The van der Waals surface area contributed by atoms with Gasteiger partial charge < -0.3 is 5.32 Å². The number of nitrogens with one attached hydrogen (secondary N) is 1. The highest BCUT2D eigenvalue weighted by Crippen LogP contribution is 2.24. The van der Waals surface area contributed by atoms with Crippen LogP contribution in [0.15, 0.2) is 24.3 Å². The van der Waals surface area contributed by atoms with Gasteiger partial charge in [-0.15, -0.1) is 0 Å². The maximum Gasteiger partial charge on any atom is 0.252 e. The largest absolute Gasteiger partial charge is 0.345 e. The van der Waals surface area contributed by atoms with Crippen molar-refractivity contribution in [2.75, 3.05) is 0 Å². The van der Waals surface area contributed by atoms with E-state index in [1.165, 1.54) is 0 Å². The van der Waals surface area contributed by atoms with Crippen LogP contribution in [0.25, 0.3) is 10.9 Å². The molecule has 0 spiro atoms. The summed E-state index contributed by atoms with van der Waals surface area (Å²) in [6.07, 6.45) is 0. The van der Waals surface area contributed by atoms with Gasteiger partial charge in [0, 0.05) is 22.5 Å². The Balaban J connectivity index is 1.96. The number of pyridine rings is 1. The van der Waals surface area contributed by atoms with Crippen molar-refractivity contribution in [3.8, 4) is 0 Å². The van der Waals surface area contributed by atoms with Crippen LogP contribution in [0.2, 0.25) is 0 Å². The molecule has 0 saturated carbocycles. The molecule has 0 unspecified atom stereocenters. The molecule has 1 aromatic carbocycles. The van der Waals surface area contributed by atoms with Gasteiger partial charge in [0.05, 0.1) is 17.6 Å². The van der Waals surface area contributed by atoms with Crippen LogP contribution in [0.4, 0.5) is 0 Å². The van der Waals surface area contributed by atoms with Crippen molar-refractivity contribution in [2.45, 2.75) is 41.2 Å². The Morgan fingerprint density at radius 2 is 1.64 bits per heavy atom. The molecule has 0 bridgehead atoms. The Morgan fingerprint density at radius 3 is 2.32 bits per heavy atom. The molecule has 3 aromatic rings. The second-order valence-electron chi connectivity index (χ2n) is 6.47. The molecule has 25 heavy (non-hydrogen) atoms. The van der Waals surface area contributed by atoms with Crippen LogP contribution in [0, 0.1) is 34.6 Å². The molecule has 1 N–H and O–H groups in total. The van der Waals surface area contributed by atoms with Gasteiger partial charge in [0.25, 0.3) is 5.91 Å². The average molecular weight is 334 g/mol. The number of hydrogen-bond donors (Lipinski definition) is 1. The first-order chi connectivity index (χ1) is 11.8. The standard InChI is InChI=1S/C20H22N4O/c1-11-6-7-17-16(8-11)19(14(4)15(5)24-17)20(25)21-10-18-22-12(2)9-13(3)23-18/h6-9H,10H2,1-5H3,(H,21,25). The number of aryl methyl sites for hydroxylation is 4. The first-order valence-corrected chi connectivity index (χ1v) is 8.32. The number of hydrogen-bond acceptors (Lipinski definition) is 4. The van der Waals surface area contributed by atoms with E-state index in [-0.39, 0.29) is 5.91 Å². The molecule has 0 radical (unpaired) electrons. The zero-order valence-electron chi connectivity index (χ0n) is 15.3. The summed E-state index contributed by atoms with van der Waals surface area (Å²) in [4.78, 5) is 26.2. The van der Waals surface area contributed by atoms with Crippen LogP contribution in [0.1, 0.15) is 44.4 Å². The van der Waals surface area contributed by atoms with E-state index in [0.29, 0.717) is 17.9 Å². The van der Waals surface area contributed by atoms with Gasteiger partial charge in [0.15, 0.2) is 0 Å². The zero-order valence-corrected chi connectivity index (χ0v) is 15.3. The van der Waals surface area contributed by atoms with E-state index < -0.39 is 0 Å². The Bertz CT molecular complexity index is 959. The van der Waals surface area contributed by atoms with E-state index in [1.54, 1.807) is 0 Å². The Hall–Kier alpha value is -2.82. The number of carbonyl (C=O) groups is 1. The number of nitrogens with zero attached hydrogens (tertiary/aromatic N) is 3. The van der Waals surface area contributed by atoms with Crippen molar-refractivity contribution in [1.29, 1.82) is 0 Å². The first-order valence-electron chi connectivity index (χ1n) is 8.32. The van der Waals surface area contributed by atoms with Gasteiger partial charge in [-0.25, -0.2) is 9.97 Å². The maximum absolute atomic E-state index is 12.9. The zero-order chi connectivity index (χ0) is 18.1. The molecule has 1 amide bonds. The number of aromatic nitrogens is 3.